The van der Waals surface area contributed by atoms with E-state index >= 15 is 0 Å². The number of cyclic esters (lactones) is 2. The quantitative estimate of drug-likeness (QED) is 0.699. The van der Waals surface area contributed by atoms with Crippen molar-refractivity contribution < 1.29 is 29.0 Å². The van der Waals surface area contributed by atoms with E-state index in [4.69, 9.17) is 9.47 Å². The molecule has 0 amide bonds. The zero-order valence-electron chi connectivity index (χ0n) is 16.9. The highest BCUT2D eigenvalue weighted by atomic mass is 16.6. The molecule has 4 atom stereocenters. The number of Topliss-reactive ketones (excluding diaryl/α,β-unsaturated/α-hetero) is 1. The molecule has 3 rings (SSSR count). The van der Waals surface area contributed by atoms with Crippen molar-refractivity contribution in [3.05, 3.63) is 47.2 Å². The van der Waals surface area contributed by atoms with E-state index in [1.807, 2.05) is 44.2 Å². The van der Waals surface area contributed by atoms with E-state index in [1.54, 1.807) is 0 Å². The fourth-order valence-corrected chi connectivity index (χ4v) is 4.33. The Morgan fingerprint density at radius 2 is 1.83 bits per heavy atom. The van der Waals surface area contributed by atoms with Crippen LogP contribution in [0.25, 0.3) is 0 Å². The van der Waals surface area contributed by atoms with Gasteiger partial charge in [0.15, 0.2) is 11.9 Å². The molecule has 6 heteroatoms. The SMILES string of the molecule is CCC(C1=C(O)C(=O)C(C(CC)CC2CCCOC2=O)OC1=O)c1ccccc1. The summed E-state index contributed by atoms with van der Waals surface area (Å²) in [7, 11) is 0. The number of benzene rings is 1. The van der Waals surface area contributed by atoms with Gasteiger partial charge in [-0.2, -0.15) is 0 Å². The summed E-state index contributed by atoms with van der Waals surface area (Å²) in [5.41, 5.74) is 0.864. The fraction of sp³-hybridized carbons (Fsp3) is 0.522. The van der Waals surface area contributed by atoms with Crippen LogP contribution in [-0.4, -0.2) is 35.5 Å². The predicted molar refractivity (Wildman–Crippen MR) is 106 cm³/mol. The number of esters is 2. The van der Waals surface area contributed by atoms with Crippen molar-refractivity contribution in [2.75, 3.05) is 6.61 Å². The molecule has 1 saturated heterocycles. The maximum Gasteiger partial charge on any atom is 0.339 e. The van der Waals surface area contributed by atoms with Crippen molar-refractivity contribution >= 4 is 17.7 Å². The fourth-order valence-electron chi connectivity index (χ4n) is 4.33. The van der Waals surface area contributed by atoms with Crippen molar-refractivity contribution in [3.63, 3.8) is 0 Å². The van der Waals surface area contributed by atoms with Crippen LogP contribution >= 0.6 is 0 Å². The highest BCUT2D eigenvalue weighted by Crippen LogP contribution is 2.37. The molecule has 1 aromatic rings. The van der Waals surface area contributed by atoms with Gasteiger partial charge in [-0.05, 0) is 37.7 Å². The van der Waals surface area contributed by atoms with Crippen molar-refractivity contribution in [1.29, 1.82) is 0 Å². The second-order valence-corrected chi connectivity index (χ2v) is 7.73. The number of aliphatic hydroxyl groups excluding tert-OH is 1. The summed E-state index contributed by atoms with van der Waals surface area (Å²) in [6.45, 7) is 4.20. The van der Waals surface area contributed by atoms with Gasteiger partial charge in [-0.25, -0.2) is 4.79 Å². The van der Waals surface area contributed by atoms with Crippen LogP contribution < -0.4 is 0 Å². The van der Waals surface area contributed by atoms with E-state index in [9.17, 15) is 19.5 Å². The predicted octanol–water partition coefficient (Wildman–Crippen LogP) is 3.86. The Labute approximate surface area is 170 Å². The Bertz CT molecular complexity index is 797. The molecule has 0 bridgehead atoms. The minimum Gasteiger partial charge on any atom is -0.504 e. The molecule has 1 fully saturated rings. The molecule has 0 aromatic heterocycles. The molecule has 156 valence electrons. The second-order valence-electron chi connectivity index (χ2n) is 7.73. The van der Waals surface area contributed by atoms with Gasteiger partial charge in [0.25, 0.3) is 0 Å². The van der Waals surface area contributed by atoms with Crippen molar-refractivity contribution in [1.82, 2.24) is 0 Å². The Kier molecular flexibility index (Phi) is 6.72. The molecule has 2 aliphatic rings. The molecule has 0 aliphatic carbocycles. The third kappa shape index (κ3) is 4.36. The summed E-state index contributed by atoms with van der Waals surface area (Å²) in [5, 5.41) is 10.7. The van der Waals surface area contributed by atoms with E-state index in [2.05, 4.69) is 0 Å². The average molecular weight is 400 g/mol. The zero-order valence-corrected chi connectivity index (χ0v) is 16.9. The molecule has 2 aliphatic heterocycles. The van der Waals surface area contributed by atoms with Crippen LogP contribution in [0.5, 0.6) is 0 Å². The third-order valence-electron chi connectivity index (χ3n) is 5.97. The highest BCUT2D eigenvalue weighted by Gasteiger charge is 2.44. The number of hydrogen-bond donors (Lipinski definition) is 1. The average Bonchev–Trinajstić information content (AvgIpc) is 2.74. The van der Waals surface area contributed by atoms with Gasteiger partial charge in [0, 0.05) is 11.8 Å². The first-order valence-electron chi connectivity index (χ1n) is 10.4. The van der Waals surface area contributed by atoms with Gasteiger partial charge < -0.3 is 14.6 Å². The highest BCUT2D eigenvalue weighted by molar-refractivity contribution is 6.09. The number of hydrogen-bond acceptors (Lipinski definition) is 6. The van der Waals surface area contributed by atoms with Gasteiger partial charge in [-0.3, -0.25) is 9.59 Å². The Balaban J connectivity index is 1.85. The third-order valence-corrected chi connectivity index (χ3v) is 5.97. The zero-order chi connectivity index (χ0) is 21.0. The normalized spacial score (nSPS) is 24.7. The molecule has 0 saturated carbocycles. The summed E-state index contributed by atoms with van der Waals surface area (Å²) in [4.78, 5) is 37.8. The maximum absolute atomic E-state index is 13.0. The largest absolute Gasteiger partial charge is 0.504 e. The maximum atomic E-state index is 13.0. The van der Waals surface area contributed by atoms with Crippen LogP contribution in [-0.2, 0) is 23.9 Å². The van der Waals surface area contributed by atoms with Gasteiger partial charge in [0.2, 0.25) is 5.78 Å². The van der Waals surface area contributed by atoms with E-state index in [1.165, 1.54) is 0 Å². The summed E-state index contributed by atoms with van der Waals surface area (Å²) >= 11 is 0. The molecule has 1 N–H and O–H groups in total. The Morgan fingerprint density at radius 1 is 1.10 bits per heavy atom. The second kappa shape index (κ2) is 9.25. The van der Waals surface area contributed by atoms with Crippen LogP contribution in [0.3, 0.4) is 0 Å². The Hall–Kier alpha value is -2.63. The lowest BCUT2D eigenvalue weighted by Gasteiger charge is -2.33. The molecule has 1 aromatic carbocycles. The first-order valence-corrected chi connectivity index (χ1v) is 10.4. The summed E-state index contributed by atoms with van der Waals surface area (Å²) in [5.74, 6) is -3.08. The smallest absolute Gasteiger partial charge is 0.339 e. The molecule has 2 heterocycles. The Morgan fingerprint density at radius 3 is 2.45 bits per heavy atom. The number of rotatable bonds is 7. The van der Waals surface area contributed by atoms with E-state index in [0.717, 1.165) is 12.0 Å². The van der Waals surface area contributed by atoms with Crippen LogP contribution in [0, 0.1) is 11.8 Å². The van der Waals surface area contributed by atoms with Crippen LogP contribution in [0.1, 0.15) is 57.4 Å². The number of ether oxygens (including phenoxy) is 2. The van der Waals surface area contributed by atoms with E-state index < -0.39 is 29.5 Å². The van der Waals surface area contributed by atoms with E-state index in [-0.39, 0.29) is 23.4 Å². The first-order chi connectivity index (χ1) is 14.0. The number of ketones is 1. The first kappa shape index (κ1) is 21.1. The molecular formula is C23H28O6. The number of carbonyl (C=O) groups excluding carboxylic acids is 3. The lowest BCUT2D eigenvalue weighted by atomic mass is 9.80. The molecular weight excluding hydrogens is 372 g/mol. The molecule has 0 spiro atoms. The van der Waals surface area contributed by atoms with Gasteiger partial charge >= 0.3 is 11.9 Å². The molecule has 0 radical (unpaired) electrons. The van der Waals surface area contributed by atoms with Gasteiger partial charge in [0.1, 0.15) is 0 Å². The minimum atomic E-state index is -1.07. The lowest BCUT2D eigenvalue weighted by molar-refractivity contribution is -0.161. The number of aliphatic hydroxyl groups is 1. The molecule has 6 nitrogen and oxygen atoms in total. The summed E-state index contributed by atoms with van der Waals surface area (Å²) in [6.07, 6.45) is 1.91. The summed E-state index contributed by atoms with van der Waals surface area (Å²) < 4.78 is 10.7. The van der Waals surface area contributed by atoms with Crippen molar-refractivity contribution in [2.24, 2.45) is 11.8 Å². The van der Waals surface area contributed by atoms with Crippen molar-refractivity contribution in [2.45, 2.75) is 58.0 Å². The summed E-state index contributed by atoms with van der Waals surface area (Å²) in [6, 6.07) is 9.30. The van der Waals surface area contributed by atoms with Crippen LogP contribution in [0.4, 0.5) is 0 Å². The molecule has 4 unspecified atom stereocenters. The van der Waals surface area contributed by atoms with Gasteiger partial charge in [-0.1, -0.05) is 44.2 Å². The standard InChI is InChI=1S/C23H28O6/c1-3-14(13-16-11-8-12-28-22(16)26)21-20(25)19(24)18(23(27)29-21)17(4-2)15-9-6-5-7-10-15/h5-7,9-10,14,16-17,21,24H,3-4,8,11-13H2,1-2H3. The van der Waals surface area contributed by atoms with Crippen LogP contribution in [0.15, 0.2) is 41.7 Å². The van der Waals surface area contributed by atoms with E-state index in [0.29, 0.717) is 32.3 Å². The van der Waals surface area contributed by atoms with Gasteiger partial charge in [0.05, 0.1) is 18.1 Å². The number of carbonyl (C=O) groups is 3. The van der Waals surface area contributed by atoms with Gasteiger partial charge in [-0.15, -0.1) is 0 Å². The lowest BCUT2D eigenvalue weighted by Crippen LogP contribution is -2.43. The topological polar surface area (TPSA) is 89.9 Å². The van der Waals surface area contributed by atoms with Crippen molar-refractivity contribution in [3.8, 4) is 0 Å². The molecule has 29 heavy (non-hydrogen) atoms. The minimum absolute atomic E-state index is 0.0203. The monoisotopic (exact) mass is 400 g/mol. The van der Waals surface area contributed by atoms with Crippen LogP contribution in [0.2, 0.25) is 0 Å².